The Kier molecular flexibility index (Phi) is 2.86. The van der Waals surface area contributed by atoms with Gasteiger partial charge in [-0.2, -0.15) is 0 Å². The van der Waals surface area contributed by atoms with E-state index in [1.54, 1.807) is 11.3 Å². The Morgan fingerprint density at radius 1 is 1.46 bits per heavy atom. The van der Waals surface area contributed by atoms with Crippen molar-refractivity contribution in [3.63, 3.8) is 0 Å². The van der Waals surface area contributed by atoms with Gasteiger partial charge in [0.05, 0.1) is 10.7 Å². The summed E-state index contributed by atoms with van der Waals surface area (Å²) in [6, 6.07) is 0. The molecule has 0 bridgehead atoms. The fourth-order valence-electron chi connectivity index (χ4n) is 1.19. The topological polar surface area (TPSA) is 30.0 Å². The zero-order valence-electron chi connectivity index (χ0n) is 8.55. The molecule has 0 aliphatic carbocycles. The van der Waals surface area contributed by atoms with Crippen molar-refractivity contribution in [2.45, 2.75) is 34.1 Å². The highest BCUT2D eigenvalue weighted by Gasteiger charge is 2.19. The lowest BCUT2D eigenvalue weighted by molar-refractivity contribution is -0.114. The van der Waals surface area contributed by atoms with E-state index in [0.29, 0.717) is 0 Å². The molecule has 0 amide bonds. The van der Waals surface area contributed by atoms with Crippen LogP contribution in [0.5, 0.6) is 0 Å². The van der Waals surface area contributed by atoms with Crippen LogP contribution in [-0.4, -0.2) is 11.3 Å². The summed E-state index contributed by atoms with van der Waals surface area (Å²) in [6.07, 6.45) is 1.81. The van der Waals surface area contributed by atoms with E-state index in [1.807, 2.05) is 27.7 Å². The second-order valence-electron chi connectivity index (χ2n) is 4.02. The lowest BCUT2D eigenvalue weighted by Gasteiger charge is -2.14. The summed E-state index contributed by atoms with van der Waals surface area (Å²) in [7, 11) is 0. The van der Waals surface area contributed by atoms with Gasteiger partial charge in [0.2, 0.25) is 0 Å². The molecule has 1 rings (SSSR count). The van der Waals surface area contributed by atoms with Gasteiger partial charge in [-0.15, -0.1) is 11.3 Å². The molecule has 72 valence electrons. The van der Waals surface area contributed by atoms with Gasteiger partial charge in [-0.25, -0.2) is 4.98 Å². The first-order valence-electron chi connectivity index (χ1n) is 4.34. The highest BCUT2D eigenvalue weighted by Crippen LogP contribution is 2.25. The number of thiazole rings is 1. The van der Waals surface area contributed by atoms with E-state index in [4.69, 9.17) is 0 Å². The molecule has 0 aromatic carbocycles. The van der Waals surface area contributed by atoms with Gasteiger partial charge >= 0.3 is 0 Å². The quantitative estimate of drug-likeness (QED) is 0.697. The summed E-state index contributed by atoms with van der Waals surface area (Å²) < 4.78 is 0. The van der Waals surface area contributed by atoms with Crippen LogP contribution in [0.25, 0.3) is 0 Å². The molecule has 2 nitrogen and oxygen atoms in total. The van der Waals surface area contributed by atoms with E-state index in [9.17, 15) is 4.79 Å². The molecule has 0 aliphatic heterocycles. The van der Waals surface area contributed by atoms with Gasteiger partial charge in [0.1, 0.15) is 6.29 Å². The summed E-state index contributed by atoms with van der Waals surface area (Å²) >= 11 is 1.69. The summed E-state index contributed by atoms with van der Waals surface area (Å²) in [5, 5.41) is 1.08. The second-order valence-corrected chi connectivity index (χ2v) is 5.31. The fraction of sp³-hybridized carbons (Fsp3) is 0.600. The number of aryl methyl sites for hydroxylation is 2. The van der Waals surface area contributed by atoms with Crippen LogP contribution in [0.4, 0.5) is 0 Å². The number of carbonyl (C=O) groups excluding carboxylic acids is 1. The number of nitrogens with zero attached hydrogens (tertiary/aromatic N) is 1. The highest BCUT2D eigenvalue weighted by atomic mass is 32.1. The van der Waals surface area contributed by atoms with Crippen molar-refractivity contribution in [1.29, 1.82) is 0 Å². The molecule has 0 saturated heterocycles. The van der Waals surface area contributed by atoms with Crippen molar-refractivity contribution in [3.05, 3.63) is 15.6 Å². The lowest BCUT2D eigenvalue weighted by atomic mass is 9.90. The number of aldehydes is 1. The molecule has 0 N–H and O–H groups in total. The third-order valence-electron chi connectivity index (χ3n) is 1.93. The van der Waals surface area contributed by atoms with E-state index in [1.165, 1.54) is 4.88 Å². The van der Waals surface area contributed by atoms with Crippen LogP contribution >= 0.6 is 11.3 Å². The molecular formula is C10H15NOS. The smallest absolute Gasteiger partial charge is 0.125 e. The minimum Gasteiger partial charge on any atom is -0.303 e. The fourth-order valence-corrected chi connectivity index (χ4v) is 2.37. The number of rotatable bonds is 3. The Bertz CT molecular complexity index is 315. The van der Waals surface area contributed by atoms with E-state index >= 15 is 0 Å². The van der Waals surface area contributed by atoms with Crippen molar-refractivity contribution in [2.24, 2.45) is 5.41 Å². The molecule has 0 atom stereocenters. The lowest BCUT2D eigenvalue weighted by Crippen LogP contribution is -2.16. The third kappa shape index (κ3) is 2.62. The number of hydrogen-bond acceptors (Lipinski definition) is 3. The third-order valence-corrected chi connectivity index (χ3v) is 3.01. The average molecular weight is 197 g/mol. The second kappa shape index (κ2) is 3.58. The molecule has 0 fully saturated rings. The van der Waals surface area contributed by atoms with E-state index in [-0.39, 0.29) is 5.41 Å². The Morgan fingerprint density at radius 2 is 2.08 bits per heavy atom. The van der Waals surface area contributed by atoms with Crippen molar-refractivity contribution >= 4 is 17.6 Å². The van der Waals surface area contributed by atoms with Gasteiger partial charge in [0.15, 0.2) is 0 Å². The molecule has 1 aromatic heterocycles. The van der Waals surface area contributed by atoms with Crippen molar-refractivity contribution in [1.82, 2.24) is 4.98 Å². The summed E-state index contributed by atoms with van der Waals surface area (Å²) in [5.41, 5.74) is 0.807. The average Bonchev–Trinajstić information content (AvgIpc) is 2.30. The van der Waals surface area contributed by atoms with Crippen LogP contribution in [0.2, 0.25) is 0 Å². The molecule has 0 radical (unpaired) electrons. The van der Waals surface area contributed by atoms with Crippen LogP contribution in [0.15, 0.2) is 0 Å². The molecule has 0 saturated carbocycles. The van der Waals surface area contributed by atoms with Gasteiger partial charge in [-0.1, -0.05) is 13.8 Å². The SMILES string of the molecule is Cc1nc(C)c(CC(C)(C)C=O)s1. The molecular weight excluding hydrogens is 182 g/mol. The normalized spacial score (nSPS) is 11.7. The molecule has 1 heterocycles. The number of hydrogen-bond donors (Lipinski definition) is 0. The van der Waals surface area contributed by atoms with E-state index in [2.05, 4.69) is 4.98 Å². The number of carbonyl (C=O) groups is 1. The van der Waals surface area contributed by atoms with E-state index < -0.39 is 0 Å². The van der Waals surface area contributed by atoms with Crippen LogP contribution in [0.1, 0.15) is 29.4 Å². The summed E-state index contributed by atoms with van der Waals surface area (Å²) in [5.74, 6) is 0. The first-order valence-corrected chi connectivity index (χ1v) is 5.15. The molecule has 1 aromatic rings. The molecule has 3 heteroatoms. The van der Waals surface area contributed by atoms with Gasteiger partial charge in [-0.3, -0.25) is 0 Å². The molecule has 13 heavy (non-hydrogen) atoms. The monoisotopic (exact) mass is 197 g/mol. The minimum absolute atomic E-state index is 0.260. The Hall–Kier alpha value is -0.700. The zero-order chi connectivity index (χ0) is 10.1. The maximum Gasteiger partial charge on any atom is 0.125 e. The number of aromatic nitrogens is 1. The molecule has 0 spiro atoms. The highest BCUT2D eigenvalue weighted by molar-refractivity contribution is 7.11. The standard InChI is InChI=1S/C10H15NOS/c1-7-9(13-8(2)11-7)5-10(3,4)6-12/h6H,5H2,1-4H3. The van der Waals surface area contributed by atoms with Gasteiger partial charge in [0.25, 0.3) is 0 Å². The van der Waals surface area contributed by atoms with Crippen LogP contribution in [0.3, 0.4) is 0 Å². The van der Waals surface area contributed by atoms with Crippen molar-refractivity contribution < 1.29 is 4.79 Å². The van der Waals surface area contributed by atoms with Gasteiger partial charge in [0, 0.05) is 10.3 Å². The minimum atomic E-state index is -0.260. The van der Waals surface area contributed by atoms with Gasteiger partial charge in [-0.05, 0) is 20.3 Å². The first kappa shape index (κ1) is 10.4. The summed E-state index contributed by atoms with van der Waals surface area (Å²) in [4.78, 5) is 16.3. The molecule has 0 unspecified atom stereocenters. The first-order chi connectivity index (χ1) is 5.94. The Labute approximate surface area is 83.0 Å². The van der Waals surface area contributed by atoms with E-state index in [0.717, 1.165) is 23.4 Å². The van der Waals surface area contributed by atoms with Crippen LogP contribution < -0.4 is 0 Å². The van der Waals surface area contributed by atoms with Crippen LogP contribution in [-0.2, 0) is 11.2 Å². The maximum absolute atomic E-state index is 10.7. The predicted octanol–water partition coefficient (Wildman–Crippen LogP) is 2.53. The van der Waals surface area contributed by atoms with Crippen molar-refractivity contribution in [2.75, 3.05) is 0 Å². The van der Waals surface area contributed by atoms with Crippen molar-refractivity contribution in [3.8, 4) is 0 Å². The maximum atomic E-state index is 10.7. The Morgan fingerprint density at radius 3 is 2.46 bits per heavy atom. The Balaban J connectivity index is 2.85. The van der Waals surface area contributed by atoms with Crippen LogP contribution in [0, 0.1) is 19.3 Å². The molecule has 0 aliphatic rings. The van der Waals surface area contributed by atoms with Gasteiger partial charge < -0.3 is 4.79 Å². The predicted molar refractivity (Wildman–Crippen MR) is 55.1 cm³/mol. The summed E-state index contributed by atoms with van der Waals surface area (Å²) in [6.45, 7) is 7.90. The largest absolute Gasteiger partial charge is 0.303 e. The zero-order valence-corrected chi connectivity index (χ0v) is 9.36.